The maximum absolute atomic E-state index is 13.7. The number of carbonyl (C=O) groups excluding carboxylic acids is 3. The van der Waals surface area contributed by atoms with Crippen LogP contribution < -0.4 is 16.4 Å². The van der Waals surface area contributed by atoms with Gasteiger partial charge in [0.15, 0.2) is 0 Å². The van der Waals surface area contributed by atoms with E-state index in [1.165, 1.54) is 0 Å². The van der Waals surface area contributed by atoms with Crippen molar-refractivity contribution in [2.75, 3.05) is 26.3 Å². The fraction of sp³-hybridized carbons (Fsp3) is 0.586. The Labute approximate surface area is 229 Å². The first kappa shape index (κ1) is 28.8. The molecule has 5 N–H and O–H groups in total. The summed E-state index contributed by atoms with van der Waals surface area (Å²) in [5.74, 6) is -1.62. The van der Waals surface area contributed by atoms with Gasteiger partial charge in [-0.3, -0.25) is 19.2 Å². The van der Waals surface area contributed by atoms with E-state index < -0.39 is 23.5 Å². The van der Waals surface area contributed by atoms with E-state index in [1.54, 1.807) is 4.90 Å². The van der Waals surface area contributed by atoms with Crippen molar-refractivity contribution >= 4 is 23.7 Å². The van der Waals surface area contributed by atoms with Gasteiger partial charge in [-0.1, -0.05) is 42.5 Å². The molecule has 212 valence electrons. The molecule has 3 aliphatic rings. The largest absolute Gasteiger partial charge is 0.481 e. The zero-order valence-electron chi connectivity index (χ0n) is 22.3. The molecule has 0 bridgehead atoms. The van der Waals surface area contributed by atoms with Crippen molar-refractivity contribution in [2.45, 2.75) is 69.5 Å². The second-order valence-corrected chi connectivity index (χ2v) is 11.0. The fourth-order valence-electron chi connectivity index (χ4n) is 5.82. The first-order chi connectivity index (χ1) is 18.8. The van der Waals surface area contributed by atoms with E-state index in [4.69, 9.17) is 15.6 Å². The molecule has 1 aromatic carbocycles. The van der Waals surface area contributed by atoms with Crippen LogP contribution in [0.2, 0.25) is 0 Å². The third-order valence-corrected chi connectivity index (χ3v) is 8.31. The number of nitrogens with one attached hydrogen (secondary N) is 2. The van der Waals surface area contributed by atoms with Crippen molar-refractivity contribution < 1.29 is 29.0 Å². The lowest BCUT2D eigenvalue weighted by atomic mass is 9.75. The van der Waals surface area contributed by atoms with E-state index in [0.717, 1.165) is 5.56 Å². The number of likely N-dealkylation sites (tertiary alicyclic amines) is 1. The Morgan fingerprint density at radius 3 is 2.59 bits per heavy atom. The molecule has 10 heteroatoms. The van der Waals surface area contributed by atoms with E-state index in [2.05, 4.69) is 22.8 Å². The molecule has 4 rings (SSSR count). The zero-order valence-corrected chi connectivity index (χ0v) is 22.3. The molecule has 2 saturated heterocycles. The van der Waals surface area contributed by atoms with Gasteiger partial charge in [-0.05, 0) is 44.1 Å². The molecular formula is C29H40N4O6. The predicted octanol–water partition coefficient (Wildman–Crippen LogP) is 1.39. The number of carboxylic acids is 1. The summed E-state index contributed by atoms with van der Waals surface area (Å²) >= 11 is 0. The van der Waals surface area contributed by atoms with Gasteiger partial charge in [0.25, 0.3) is 0 Å². The van der Waals surface area contributed by atoms with Crippen molar-refractivity contribution in [1.29, 1.82) is 0 Å². The number of nitrogens with zero attached hydrogens (tertiary/aromatic N) is 1. The van der Waals surface area contributed by atoms with Gasteiger partial charge in [0, 0.05) is 51.1 Å². The van der Waals surface area contributed by atoms with Gasteiger partial charge in [-0.15, -0.1) is 0 Å². The minimum Gasteiger partial charge on any atom is -0.481 e. The van der Waals surface area contributed by atoms with Gasteiger partial charge in [0.1, 0.15) is 6.04 Å². The number of rotatable bonds is 6. The van der Waals surface area contributed by atoms with Crippen LogP contribution in [0.5, 0.6) is 0 Å². The lowest BCUT2D eigenvalue weighted by molar-refractivity contribution is -0.140. The number of ether oxygens (including phenoxy) is 1. The van der Waals surface area contributed by atoms with Gasteiger partial charge in [-0.25, -0.2) is 0 Å². The standard InChI is InChI=1S/C29H40N4O6/c30-22(9-10-25(34)35)27(37)33-15-11-23-21(19-33)8-4-5-12-29(13-16-39-17-14-29)28(38)32-24(26(36)31-23)18-20-6-2-1-3-7-20/h1-7,21-24H,8-19,30H2,(H,31,36)(H,32,38)(H,34,35)/b5-4+/t21-,22+,23+,24-/m1/s1. The molecule has 4 atom stereocenters. The van der Waals surface area contributed by atoms with Gasteiger partial charge >= 0.3 is 5.97 Å². The molecule has 0 aromatic heterocycles. The average Bonchev–Trinajstić information content (AvgIpc) is 2.94. The van der Waals surface area contributed by atoms with Crippen LogP contribution in [0.3, 0.4) is 0 Å². The van der Waals surface area contributed by atoms with E-state index in [1.807, 2.05) is 30.3 Å². The Bertz CT molecular complexity index is 1060. The molecule has 0 unspecified atom stereocenters. The number of amides is 3. The van der Waals surface area contributed by atoms with Crippen LogP contribution in [0.15, 0.2) is 42.5 Å². The summed E-state index contributed by atoms with van der Waals surface area (Å²) < 4.78 is 5.55. The van der Waals surface area contributed by atoms with Crippen LogP contribution >= 0.6 is 0 Å². The average molecular weight is 541 g/mol. The molecule has 3 aliphatic heterocycles. The Morgan fingerprint density at radius 1 is 1.13 bits per heavy atom. The fourth-order valence-corrected chi connectivity index (χ4v) is 5.82. The summed E-state index contributed by atoms with van der Waals surface area (Å²) in [4.78, 5) is 52.9. The lowest BCUT2D eigenvalue weighted by Crippen LogP contribution is -2.59. The lowest BCUT2D eigenvalue weighted by Gasteiger charge is -2.41. The summed E-state index contributed by atoms with van der Waals surface area (Å²) in [7, 11) is 0. The minimum absolute atomic E-state index is 0.0345. The van der Waals surface area contributed by atoms with Crippen molar-refractivity contribution in [3.8, 4) is 0 Å². The van der Waals surface area contributed by atoms with Gasteiger partial charge < -0.3 is 31.1 Å². The highest BCUT2D eigenvalue weighted by molar-refractivity contribution is 5.90. The molecule has 3 amide bonds. The van der Waals surface area contributed by atoms with E-state index in [0.29, 0.717) is 64.8 Å². The molecular weight excluding hydrogens is 500 g/mol. The van der Waals surface area contributed by atoms with Crippen LogP contribution in [0.25, 0.3) is 0 Å². The normalized spacial score (nSPS) is 27.2. The number of hydrogen-bond donors (Lipinski definition) is 4. The Hall–Kier alpha value is -3.24. The second kappa shape index (κ2) is 13.2. The van der Waals surface area contributed by atoms with Gasteiger partial charge in [-0.2, -0.15) is 0 Å². The van der Waals surface area contributed by atoms with Crippen molar-refractivity contribution in [3.05, 3.63) is 48.0 Å². The Kier molecular flexibility index (Phi) is 9.74. The number of fused-ring (bicyclic) bond motifs is 1. The highest BCUT2D eigenvalue weighted by Gasteiger charge is 2.42. The summed E-state index contributed by atoms with van der Waals surface area (Å²) in [6, 6.07) is 7.87. The second-order valence-electron chi connectivity index (χ2n) is 11.0. The van der Waals surface area contributed by atoms with Crippen molar-refractivity contribution in [1.82, 2.24) is 15.5 Å². The number of nitrogens with two attached hydrogens (primary N) is 1. The molecule has 2 fully saturated rings. The first-order valence-corrected chi connectivity index (χ1v) is 13.9. The number of hydrogen-bond acceptors (Lipinski definition) is 6. The molecule has 1 aromatic rings. The maximum atomic E-state index is 13.7. The Morgan fingerprint density at radius 2 is 1.87 bits per heavy atom. The minimum atomic E-state index is -0.983. The number of carbonyl (C=O) groups is 4. The molecule has 3 heterocycles. The molecule has 39 heavy (non-hydrogen) atoms. The summed E-state index contributed by atoms with van der Waals surface area (Å²) in [6.07, 6.45) is 7.33. The van der Waals surface area contributed by atoms with Crippen LogP contribution in [0.1, 0.15) is 50.5 Å². The van der Waals surface area contributed by atoms with Crippen LogP contribution in [0, 0.1) is 11.3 Å². The first-order valence-electron chi connectivity index (χ1n) is 13.9. The Balaban J connectivity index is 1.54. The third kappa shape index (κ3) is 7.45. The number of benzene rings is 1. The molecule has 1 spiro atoms. The number of piperidine rings is 1. The van der Waals surface area contributed by atoms with Crippen LogP contribution in [-0.2, 0) is 30.3 Å². The van der Waals surface area contributed by atoms with Gasteiger partial charge in [0.2, 0.25) is 17.7 Å². The highest BCUT2D eigenvalue weighted by Crippen LogP contribution is 2.36. The van der Waals surface area contributed by atoms with E-state index in [-0.39, 0.29) is 42.5 Å². The molecule has 0 radical (unpaired) electrons. The number of aliphatic carboxylic acids is 1. The third-order valence-electron chi connectivity index (χ3n) is 8.31. The zero-order chi connectivity index (χ0) is 27.8. The summed E-state index contributed by atoms with van der Waals surface area (Å²) in [5.41, 5.74) is 6.35. The molecule has 0 aliphatic carbocycles. The topological polar surface area (TPSA) is 151 Å². The van der Waals surface area contributed by atoms with Crippen LogP contribution in [-0.4, -0.2) is 78.1 Å². The van der Waals surface area contributed by atoms with E-state index >= 15 is 0 Å². The van der Waals surface area contributed by atoms with Crippen LogP contribution in [0.4, 0.5) is 0 Å². The van der Waals surface area contributed by atoms with E-state index in [9.17, 15) is 19.2 Å². The maximum Gasteiger partial charge on any atom is 0.303 e. The van der Waals surface area contributed by atoms with Gasteiger partial charge in [0.05, 0.1) is 11.5 Å². The number of carboxylic acid groups (broad SMARTS) is 1. The molecule has 10 nitrogen and oxygen atoms in total. The smallest absolute Gasteiger partial charge is 0.303 e. The SMILES string of the molecule is N[C@@H](CCC(=O)O)C(=O)N1CC[C@@H]2NC(=O)[C@@H](Cc3ccccc3)NC(=O)C3(C/C=C/C[C@@H]2C1)CCOCC3. The number of allylic oxidation sites excluding steroid dienone is 2. The van der Waals surface area contributed by atoms with Crippen molar-refractivity contribution in [2.24, 2.45) is 17.1 Å². The highest BCUT2D eigenvalue weighted by atomic mass is 16.5. The van der Waals surface area contributed by atoms with Crippen molar-refractivity contribution in [3.63, 3.8) is 0 Å². The summed E-state index contributed by atoms with van der Waals surface area (Å²) in [5, 5.41) is 15.2. The predicted molar refractivity (Wildman–Crippen MR) is 144 cm³/mol. The quantitative estimate of drug-likeness (QED) is 0.398. The molecule has 0 saturated carbocycles. The summed E-state index contributed by atoms with van der Waals surface area (Å²) in [6.45, 7) is 1.84. The monoisotopic (exact) mass is 540 g/mol.